The van der Waals surface area contributed by atoms with E-state index in [0.29, 0.717) is 34.8 Å². The van der Waals surface area contributed by atoms with E-state index in [1.165, 1.54) is 19.3 Å². The van der Waals surface area contributed by atoms with Crippen molar-refractivity contribution in [1.29, 1.82) is 0 Å². The van der Waals surface area contributed by atoms with Gasteiger partial charge in [-0.05, 0) is 57.4 Å². The molecule has 0 spiro atoms. The number of imidazole rings is 1. The molecule has 1 aliphatic rings. The summed E-state index contributed by atoms with van der Waals surface area (Å²) in [6.45, 7) is 6.56. The number of rotatable bonds is 4. The molecule has 0 saturated carbocycles. The zero-order chi connectivity index (χ0) is 20.5. The Bertz CT molecular complexity index is 1090. The number of carbonyl (C=O) groups excluding carboxylic acids is 2. The van der Waals surface area contributed by atoms with Crippen molar-refractivity contribution in [2.45, 2.75) is 53.0 Å². The fraction of sp³-hybridized carbons (Fsp3) is 0.409. The first-order chi connectivity index (χ1) is 14.0. The maximum atomic E-state index is 12.8. The Hall–Kier alpha value is -3.09. The minimum atomic E-state index is -0.418. The number of fused-ring (bicyclic) bond motifs is 3. The van der Waals surface area contributed by atoms with Crippen molar-refractivity contribution in [1.82, 2.24) is 14.5 Å². The van der Waals surface area contributed by atoms with E-state index in [0.717, 1.165) is 29.8 Å². The highest BCUT2D eigenvalue weighted by atomic mass is 16.5. The molecule has 7 nitrogen and oxygen atoms in total. The lowest BCUT2D eigenvalue weighted by Crippen LogP contribution is -2.14. The second kappa shape index (κ2) is 7.73. The van der Waals surface area contributed by atoms with Gasteiger partial charge >= 0.3 is 5.97 Å². The van der Waals surface area contributed by atoms with Gasteiger partial charge in [-0.25, -0.2) is 9.78 Å². The second-order valence-corrected chi connectivity index (χ2v) is 7.49. The van der Waals surface area contributed by atoms with E-state index in [2.05, 4.69) is 14.9 Å². The molecule has 0 bridgehead atoms. The van der Waals surface area contributed by atoms with Crippen LogP contribution in [-0.4, -0.2) is 33.0 Å². The molecule has 0 aliphatic carbocycles. The van der Waals surface area contributed by atoms with Crippen LogP contribution < -0.4 is 5.32 Å². The lowest BCUT2D eigenvalue weighted by molar-refractivity contribution is 0.0525. The molecule has 0 unspecified atom stereocenters. The third-order valence-corrected chi connectivity index (χ3v) is 5.51. The van der Waals surface area contributed by atoms with Gasteiger partial charge in [0.15, 0.2) is 0 Å². The molecular weight excluding hydrogens is 368 g/mol. The monoisotopic (exact) mass is 394 g/mol. The van der Waals surface area contributed by atoms with Gasteiger partial charge in [-0.1, -0.05) is 6.42 Å². The van der Waals surface area contributed by atoms with Crippen molar-refractivity contribution in [3.05, 3.63) is 46.5 Å². The average molecular weight is 394 g/mol. The zero-order valence-electron chi connectivity index (χ0n) is 17.1. The molecule has 0 radical (unpaired) electrons. The number of ether oxygens (including phenoxy) is 1. The van der Waals surface area contributed by atoms with Crippen LogP contribution in [0, 0.1) is 13.8 Å². The summed E-state index contributed by atoms with van der Waals surface area (Å²) in [6.07, 6.45) is 4.57. The largest absolute Gasteiger partial charge is 0.462 e. The minimum absolute atomic E-state index is 0.290. The zero-order valence-corrected chi connectivity index (χ0v) is 17.1. The molecule has 0 saturated heterocycles. The van der Waals surface area contributed by atoms with Crippen molar-refractivity contribution in [3.63, 3.8) is 0 Å². The fourth-order valence-corrected chi connectivity index (χ4v) is 4.11. The molecule has 0 atom stereocenters. The van der Waals surface area contributed by atoms with E-state index in [4.69, 9.17) is 9.72 Å². The molecule has 3 aromatic rings. The topological polar surface area (TPSA) is 89.0 Å². The van der Waals surface area contributed by atoms with Gasteiger partial charge in [0.1, 0.15) is 11.5 Å². The molecule has 2 aromatic heterocycles. The molecule has 1 aromatic carbocycles. The Balaban J connectivity index is 1.59. The lowest BCUT2D eigenvalue weighted by atomic mass is 10.1. The third kappa shape index (κ3) is 3.52. The molecule has 152 valence electrons. The van der Waals surface area contributed by atoms with Crippen LogP contribution in [0.15, 0.2) is 18.2 Å². The van der Waals surface area contributed by atoms with E-state index in [-0.39, 0.29) is 5.91 Å². The molecule has 29 heavy (non-hydrogen) atoms. The van der Waals surface area contributed by atoms with Gasteiger partial charge in [0.2, 0.25) is 0 Å². The van der Waals surface area contributed by atoms with Crippen molar-refractivity contribution in [3.8, 4) is 0 Å². The second-order valence-electron chi connectivity index (χ2n) is 7.49. The first-order valence-electron chi connectivity index (χ1n) is 10.2. The quantitative estimate of drug-likeness (QED) is 0.651. The number of esters is 1. The van der Waals surface area contributed by atoms with Crippen LogP contribution in [-0.2, 0) is 17.7 Å². The van der Waals surface area contributed by atoms with E-state index in [1.807, 2.05) is 18.2 Å². The first-order valence-corrected chi connectivity index (χ1v) is 10.2. The minimum Gasteiger partial charge on any atom is -0.462 e. The highest BCUT2D eigenvalue weighted by molar-refractivity contribution is 6.07. The predicted octanol–water partition coefficient (Wildman–Crippen LogP) is 4.14. The number of benzene rings is 1. The fourth-order valence-electron chi connectivity index (χ4n) is 4.11. The number of H-pyrrole nitrogens is 1. The van der Waals surface area contributed by atoms with E-state index >= 15 is 0 Å². The number of anilines is 1. The predicted molar refractivity (Wildman–Crippen MR) is 111 cm³/mol. The van der Waals surface area contributed by atoms with Crippen LogP contribution in [0.5, 0.6) is 0 Å². The molecule has 7 heteroatoms. The summed E-state index contributed by atoms with van der Waals surface area (Å²) in [5, 5.41) is 2.92. The summed E-state index contributed by atoms with van der Waals surface area (Å²) in [5.41, 5.74) is 4.69. The van der Waals surface area contributed by atoms with Gasteiger partial charge < -0.3 is 19.6 Å². The number of nitrogens with one attached hydrogen (secondary N) is 2. The van der Waals surface area contributed by atoms with Crippen molar-refractivity contribution in [2.75, 3.05) is 11.9 Å². The summed E-state index contributed by atoms with van der Waals surface area (Å²) >= 11 is 0. The summed E-state index contributed by atoms with van der Waals surface area (Å²) in [5.74, 6) is 0.413. The Labute approximate surface area is 169 Å². The normalized spacial score (nSPS) is 13.8. The van der Waals surface area contributed by atoms with Gasteiger partial charge in [-0.3, -0.25) is 4.79 Å². The maximum Gasteiger partial charge on any atom is 0.340 e. The molecular formula is C22H26N4O3. The maximum absolute atomic E-state index is 12.8. The highest BCUT2D eigenvalue weighted by Crippen LogP contribution is 2.25. The molecule has 0 fully saturated rings. The Morgan fingerprint density at radius 1 is 1.24 bits per heavy atom. The van der Waals surface area contributed by atoms with Gasteiger partial charge in [-0.15, -0.1) is 0 Å². The smallest absolute Gasteiger partial charge is 0.340 e. The molecule has 1 amide bonds. The van der Waals surface area contributed by atoms with Crippen molar-refractivity contribution >= 4 is 28.6 Å². The van der Waals surface area contributed by atoms with Crippen molar-refractivity contribution < 1.29 is 14.3 Å². The molecule has 2 N–H and O–H groups in total. The van der Waals surface area contributed by atoms with Gasteiger partial charge in [-0.2, -0.15) is 0 Å². The Morgan fingerprint density at radius 3 is 2.86 bits per heavy atom. The van der Waals surface area contributed by atoms with Crippen LogP contribution >= 0.6 is 0 Å². The number of carbonyl (C=O) groups is 2. The first kappa shape index (κ1) is 19.2. The van der Waals surface area contributed by atoms with E-state index in [1.54, 1.807) is 20.8 Å². The molecule has 3 heterocycles. The van der Waals surface area contributed by atoms with Crippen LogP contribution in [0.2, 0.25) is 0 Å². The SMILES string of the molecule is CCOC(=O)c1c(C)[nH]c(C(=O)Nc2ccc3c(c2)nc2n3CCCCC2)c1C. The van der Waals surface area contributed by atoms with Gasteiger partial charge in [0, 0.05) is 24.3 Å². The Kier molecular flexibility index (Phi) is 5.13. The standard InChI is InChI=1S/C22H26N4O3/c1-4-29-22(28)19-13(2)20(23-14(19)3)21(27)24-15-9-10-17-16(12-15)25-18-8-6-5-7-11-26(17)18/h9-10,12,23H,4-8,11H2,1-3H3,(H,24,27). The molecule has 4 rings (SSSR count). The number of amides is 1. The lowest BCUT2D eigenvalue weighted by Gasteiger charge is -2.07. The summed E-state index contributed by atoms with van der Waals surface area (Å²) in [4.78, 5) is 32.8. The Morgan fingerprint density at radius 2 is 2.07 bits per heavy atom. The van der Waals surface area contributed by atoms with Crippen LogP contribution in [0.3, 0.4) is 0 Å². The third-order valence-electron chi connectivity index (χ3n) is 5.51. The number of aromatic amines is 1. The van der Waals surface area contributed by atoms with Crippen LogP contribution in [0.4, 0.5) is 5.69 Å². The van der Waals surface area contributed by atoms with Crippen molar-refractivity contribution in [2.24, 2.45) is 0 Å². The number of hydrogen-bond acceptors (Lipinski definition) is 4. The number of aromatic nitrogens is 3. The highest BCUT2D eigenvalue weighted by Gasteiger charge is 2.23. The van der Waals surface area contributed by atoms with E-state index in [9.17, 15) is 9.59 Å². The number of hydrogen-bond donors (Lipinski definition) is 2. The summed E-state index contributed by atoms with van der Waals surface area (Å²) in [6, 6.07) is 5.83. The van der Waals surface area contributed by atoms with Crippen LogP contribution in [0.25, 0.3) is 11.0 Å². The summed E-state index contributed by atoms with van der Waals surface area (Å²) in [7, 11) is 0. The van der Waals surface area contributed by atoms with Gasteiger partial charge in [0.25, 0.3) is 5.91 Å². The number of nitrogens with zero attached hydrogens (tertiary/aromatic N) is 2. The van der Waals surface area contributed by atoms with Crippen LogP contribution in [0.1, 0.15) is 64.1 Å². The molecule has 1 aliphatic heterocycles. The van der Waals surface area contributed by atoms with E-state index < -0.39 is 5.97 Å². The summed E-state index contributed by atoms with van der Waals surface area (Å²) < 4.78 is 7.39. The average Bonchev–Trinajstić information content (AvgIpc) is 3.07. The number of aryl methyl sites for hydroxylation is 3. The van der Waals surface area contributed by atoms with Gasteiger partial charge in [0.05, 0.1) is 23.2 Å².